The van der Waals surface area contributed by atoms with Crippen LogP contribution in [0.4, 0.5) is 0 Å². The van der Waals surface area contributed by atoms with Gasteiger partial charge in [0.15, 0.2) is 6.10 Å². The van der Waals surface area contributed by atoms with Gasteiger partial charge in [-0.1, -0.05) is 209 Å². The highest BCUT2D eigenvalue weighted by atomic mass is 16.6. The number of hydrogen-bond donors (Lipinski definition) is 0. The predicted molar refractivity (Wildman–Crippen MR) is 265 cm³/mol. The summed E-state index contributed by atoms with van der Waals surface area (Å²) in [4.78, 5) is 37.9. The number of esters is 3. The molecule has 6 nitrogen and oxygen atoms in total. The van der Waals surface area contributed by atoms with Crippen molar-refractivity contribution < 1.29 is 28.6 Å². The molecule has 0 aromatic rings. The van der Waals surface area contributed by atoms with E-state index in [0.29, 0.717) is 19.3 Å². The summed E-state index contributed by atoms with van der Waals surface area (Å²) in [5.41, 5.74) is 0. The molecular weight excluding hydrogens is 769 g/mol. The Bertz CT molecular complexity index is 1220. The van der Waals surface area contributed by atoms with Crippen molar-refractivity contribution >= 4 is 17.9 Å². The maximum Gasteiger partial charge on any atom is 0.306 e. The molecule has 0 aromatic heterocycles. The number of unbranched alkanes of at least 4 members (excludes halogenated alkanes) is 20. The minimum absolute atomic E-state index is 0.103. The second-order valence-electron chi connectivity index (χ2n) is 16.7. The van der Waals surface area contributed by atoms with Gasteiger partial charge < -0.3 is 14.2 Å². The van der Waals surface area contributed by atoms with Crippen LogP contribution in [0.25, 0.3) is 0 Å². The van der Waals surface area contributed by atoms with Crippen LogP contribution in [0.15, 0.2) is 85.1 Å². The fourth-order valence-corrected chi connectivity index (χ4v) is 6.80. The van der Waals surface area contributed by atoms with Crippen LogP contribution >= 0.6 is 0 Å². The Hall–Kier alpha value is -3.41. The van der Waals surface area contributed by atoms with Crippen molar-refractivity contribution in [1.29, 1.82) is 0 Å². The first-order chi connectivity index (χ1) is 30.5. The first kappa shape index (κ1) is 58.6. The predicted octanol–water partition coefficient (Wildman–Crippen LogP) is 16.8. The first-order valence-corrected chi connectivity index (χ1v) is 25.6. The maximum absolute atomic E-state index is 12.8. The van der Waals surface area contributed by atoms with Gasteiger partial charge in [-0.05, 0) is 89.9 Å². The van der Waals surface area contributed by atoms with Crippen molar-refractivity contribution in [2.24, 2.45) is 0 Å². The van der Waals surface area contributed by atoms with Gasteiger partial charge in [0.2, 0.25) is 0 Å². The van der Waals surface area contributed by atoms with Crippen molar-refractivity contribution in [1.82, 2.24) is 0 Å². The van der Waals surface area contributed by atoms with Crippen LogP contribution in [-0.4, -0.2) is 37.2 Å². The maximum atomic E-state index is 12.8. The van der Waals surface area contributed by atoms with Crippen molar-refractivity contribution in [3.63, 3.8) is 0 Å². The van der Waals surface area contributed by atoms with Crippen LogP contribution in [0.3, 0.4) is 0 Å². The minimum Gasteiger partial charge on any atom is -0.462 e. The summed E-state index contributed by atoms with van der Waals surface area (Å²) in [5.74, 6) is -0.978. The molecule has 0 saturated heterocycles. The molecule has 0 saturated carbocycles. The smallest absolute Gasteiger partial charge is 0.306 e. The molecule has 354 valence electrons. The highest BCUT2D eigenvalue weighted by Gasteiger charge is 2.19. The second kappa shape index (κ2) is 50.2. The van der Waals surface area contributed by atoms with E-state index >= 15 is 0 Å². The summed E-state index contributed by atoms with van der Waals surface area (Å²) in [6, 6.07) is 0. The van der Waals surface area contributed by atoms with Crippen LogP contribution < -0.4 is 0 Å². The third-order valence-electron chi connectivity index (χ3n) is 10.6. The molecule has 6 heteroatoms. The number of carbonyl (C=O) groups excluding carboxylic acids is 3. The molecule has 0 unspecified atom stereocenters. The number of ether oxygens (including phenoxy) is 3. The van der Waals surface area contributed by atoms with Gasteiger partial charge in [0.05, 0.1) is 0 Å². The van der Waals surface area contributed by atoms with Crippen LogP contribution in [0, 0.1) is 0 Å². The fourth-order valence-electron chi connectivity index (χ4n) is 6.80. The minimum atomic E-state index is -0.810. The van der Waals surface area contributed by atoms with E-state index in [0.717, 1.165) is 103 Å². The van der Waals surface area contributed by atoms with Gasteiger partial charge in [0.1, 0.15) is 13.2 Å². The van der Waals surface area contributed by atoms with Gasteiger partial charge in [-0.25, -0.2) is 0 Å². The molecule has 0 aliphatic rings. The lowest BCUT2D eigenvalue weighted by molar-refractivity contribution is -0.167. The van der Waals surface area contributed by atoms with Crippen LogP contribution in [0.5, 0.6) is 0 Å². The summed E-state index contributed by atoms with van der Waals surface area (Å²) < 4.78 is 16.7. The van der Waals surface area contributed by atoms with E-state index in [9.17, 15) is 14.4 Å². The standard InChI is InChI=1S/C56H94O6/c1-4-7-10-13-16-19-22-25-27-28-30-32-35-38-41-44-47-50-56(59)62-53(51-60-54(57)48-45-42-39-36-33-24-21-18-15-12-9-6-3)52-61-55(58)49-46-43-40-37-34-31-29-26-23-20-17-14-11-8-5-2/h8,11,16-17,19-20,25-27,29-30,32,38,41,53H,4-7,9-10,12-15,18,21-24,28,31,33-37,39-40,42-52H2,1-3H3/b11-8-,19-16-,20-17-,27-25-,29-26-,32-30-,41-38-/t53-/m0/s1. The fraction of sp³-hybridized carbons (Fsp3) is 0.696. The van der Waals surface area contributed by atoms with Crippen LogP contribution in [-0.2, 0) is 28.6 Å². The molecular formula is C56H94O6. The van der Waals surface area contributed by atoms with Gasteiger partial charge in [0.25, 0.3) is 0 Å². The summed E-state index contributed by atoms with van der Waals surface area (Å²) in [6.45, 7) is 6.43. The van der Waals surface area contributed by atoms with E-state index in [2.05, 4.69) is 106 Å². The monoisotopic (exact) mass is 863 g/mol. The van der Waals surface area contributed by atoms with Gasteiger partial charge in [-0.15, -0.1) is 0 Å². The molecule has 0 aliphatic heterocycles. The average molecular weight is 863 g/mol. The van der Waals surface area contributed by atoms with Crippen molar-refractivity contribution in [2.75, 3.05) is 13.2 Å². The molecule has 0 aliphatic carbocycles. The zero-order chi connectivity index (χ0) is 45.1. The van der Waals surface area contributed by atoms with E-state index in [1.807, 2.05) is 0 Å². The molecule has 0 spiro atoms. The Morgan fingerprint density at radius 3 is 1.06 bits per heavy atom. The van der Waals surface area contributed by atoms with E-state index in [1.54, 1.807) is 0 Å². The van der Waals surface area contributed by atoms with Crippen molar-refractivity contribution in [2.45, 2.75) is 239 Å². The van der Waals surface area contributed by atoms with Crippen molar-refractivity contribution in [3.8, 4) is 0 Å². The van der Waals surface area contributed by atoms with E-state index in [1.165, 1.54) is 83.5 Å². The highest BCUT2D eigenvalue weighted by Crippen LogP contribution is 2.14. The Balaban J connectivity index is 4.51. The molecule has 0 aromatic carbocycles. The molecule has 0 fully saturated rings. The van der Waals surface area contributed by atoms with E-state index < -0.39 is 6.10 Å². The van der Waals surface area contributed by atoms with Gasteiger partial charge in [-0.3, -0.25) is 14.4 Å². The number of rotatable bonds is 45. The second-order valence-corrected chi connectivity index (χ2v) is 16.7. The van der Waals surface area contributed by atoms with Crippen LogP contribution in [0.2, 0.25) is 0 Å². The molecule has 62 heavy (non-hydrogen) atoms. The third-order valence-corrected chi connectivity index (χ3v) is 10.6. The van der Waals surface area contributed by atoms with Gasteiger partial charge in [-0.2, -0.15) is 0 Å². The van der Waals surface area contributed by atoms with Crippen molar-refractivity contribution in [3.05, 3.63) is 85.1 Å². The normalized spacial score (nSPS) is 12.8. The molecule has 0 amide bonds. The largest absolute Gasteiger partial charge is 0.462 e. The SMILES string of the molecule is CC/C=C\C/C=C\C/C=C\CCCCCCCC(=O)OC[C@H](COC(=O)CCCCCCCCCCCCCC)OC(=O)CCC/C=C\C/C=C\C/C=C\C/C=C\CCCCC. The lowest BCUT2D eigenvalue weighted by atomic mass is 10.0. The zero-order valence-corrected chi connectivity index (χ0v) is 40.4. The number of carbonyl (C=O) groups is 3. The third kappa shape index (κ3) is 47.6. The Morgan fingerprint density at radius 1 is 0.339 bits per heavy atom. The van der Waals surface area contributed by atoms with E-state index in [4.69, 9.17) is 14.2 Å². The first-order valence-electron chi connectivity index (χ1n) is 25.6. The summed E-state index contributed by atoms with van der Waals surface area (Å²) >= 11 is 0. The average Bonchev–Trinajstić information content (AvgIpc) is 3.27. The Morgan fingerprint density at radius 2 is 0.645 bits per heavy atom. The molecule has 1 atom stereocenters. The lowest BCUT2D eigenvalue weighted by Gasteiger charge is -2.18. The molecule has 0 radical (unpaired) electrons. The topological polar surface area (TPSA) is 78.9 Å². The van der Waals surface area contributed by atoms with Gasteiger partial charge >= 0.3 is 17.9 Å². The molecule has 0 rings (SSSR count). The molecule has 0 heterocycles. The quantitative estimate of drug-likeness (QED) is 0.0263. The number of hydrogen-bond acceptors (Lipinski definition) is 6. The van der Waals surface area contributed by atoms with E-state index in [-0.39, 0.29) is 37.5 Å². The Labute approximate surface area is 382 Å². The summed E-state index contributed by atoms with van der Waals surface area (Å²) in [6.07, 6.45) is 64.2. The Kier molecular flexibility index (Phi) is 47.5. The van der Waals surface area contributed by atoms with Gasteiger partial charge in [0, 0.05) is 19.3 Å². The zero-order valence-electron chi connectivity index (χ0n) is 40.4. The highest BCUT2D eigenvalue weighted by molar-refractivity contribution is 5.71. The van der Waals surface area contributed by atoms with Crippen LogP contribution in [0.1, 0.15) is 233 Å². The molecule has 0 N–H and O–H groups in total. The summed E-state index contributed by atoms with van der Waals surface area (Å²) in [5, 5.41) is 0. The summed E-state index contributed by atoms with van der Waals surface area (Å²) in [7, 11) is 0. The molecule has 0 bridgehead atoms. The lowest BCUT2D eigenvalue weighted by Crippen LogP contribution is -2.30. The number of allylic oxidation sites excluding steroid dienone is 14.